The number of carboxylic acids is 1. The number of Topliss-reactive ketones (excluding diaryl/α,β-unsaturated/α-hetero) is 1. The molecular formula is C11H21NO3. The smallest absolute Gasteiger partial charge is 0.331 e. The number of ketones is 1. The van der Waals surface area contributed by atoms with Gasteiger partial charge < -0.3 is 10.8 Å². The van der Waals surface area contributed by atoms with Crippen LogP contribution >= 0.6 is 0 Å². The Hall–Kier alpha value is -0.900. The lowest BCUT2D eigenvalue weighted by Crippen LogP contribution is -2.55. The van der Waals surface area contributed by atoms with Gasteiger partial charge in [-0.15, -0.1) is 0 Å². The van der Waals surface area contributed by atoms with Gasteiger partial charge in [0.05, 0.1) is 0 Å². The summed E-state index contributed by atoms with van der Waals surface area (Å²) < 4.78 is 0. The van der Waals surface area contributed by atoms with Gasteiger partial charge in [0.1, 0.15) is 0 Å². The predicted octanol–water partition coefficient (Wildman–Crippen LogP) is 1.57. The highest BCUT2D eigenvalue weighted by atomic mass is 16.4. The van der Waals surface area contributed by atoms with Crippen molar-refractivity contribution in [2.75, 3.05) is 0 Å². The van der Waals surface area contributed by atoms with Gasteiger partial charge in [-0.3, -0.25) is 4.79 Å². The molecule has 0 heterocycles. The fraction of sp³-hybridized carbons (Fsp3) is 0.818. The van der Waals surface area contributed by atoms with Crippen LogP contribution in [0.4, 0.5) is 0 Å². The minimum absolute atomic E-state index is 0.208. The third-order valence-electron chi connectivity index (χ3n) is 2.89. The lowest BCUT2D eigenvalue weighted by molar-refractivity contribution is -0.148. The second-order valence-electron chi connectivity index (χ2n) is 4.10. The minimum atomic E-state index is -1.70. The molecule has 0 rings (SSSR count). The van der Waals surface area contributed by atoms with Crippen LogP contribution in [0.1, 0.15) is 46.5 Å². The molecular weight excluding hydrogens is 194 g/mol. The molecule has 0 aromatic heterocycles. The van der Waals surface area contributed by atoms with Gasteiger partial charge in [-0.1, -0.05) is 33.1 Å². The van der Waals surface area contributed by atoms with Gasteiger partial charge in [-0.2, -0.15) is 0 Å². The molecule has 4 heteroatoms. The zero-order valence-corrected chi connectivity index (χ0v) is 9.75. The molecule has 0 aliphatic carbocycles. The van der Waals surface area contributed by atoms with Gasteiger partial charge in [0.15, 0.2) is 11.3 Å². The maximum Gasteiger partial charge on any atom is 0.331 e. The second-order valence-corrected chi connectivity index (χ2v) is 4.10. The third-order valence-corrected chi connectivity index (χ3v) is 2.89. The average Bonchev–Trinajstić information content (AvgIpc) is 2.16. The van der Waals surface area contributed by atoms with Crippen LogP contribution in [0.3, 0.4) is 0 Å². The molecule has 0 aromatic carbocycles. The van der Waals surface area contributed by atoms with Crippen LogP contribution in [0.25, 0.3) is 0 Å². The second kappa shape index (κ2) is 5.85. The van der Waals surface area contributed by atoms with E-state index in [9.17, 15) is 9.59 Å². The summed E-state index contributed by atoms with van der Waals surface area (Å²) in [4.78, 5) is 22.2. The molecule has 3 N–H and O–H groups in total. The van der Waals surface area contributed by atoms with Crippen molar-refractivity contribution < 1.29 is 14.7 Å². The maximum absolute atomic E-state index is 11.3. The number of aliphatic carboxylic acids is 1. The fourth-order valence-electron chi connectivity index (χ4n) is 1.70. The Balaban J connectivity index is 4.66. The summed E-state index contributed by atoms with van der Waals surface area (Å²) >= 11 is 0. The van der Waals surface area contributed by atoms with Crippen molar-refractivity contribution in [3.63, 3.8) is 0 Å². The molecule has 0 fully saturated rings. The standard InChI is InChI=1S/C11H21NO3/c1-4-6-9(5-2)7-11(12,8(3)13)10(14)15/h9H,4-7,12H2,1-3H3,(H,14,15). The number of rotatable bonds is 7. The fourth-order valence-corrected chi connectivity index (χ4v) is 1.70. The first kappa shape index (κ1) is 14.1. The molecule has 88 valence electrons. The van der Waals surface area contributed by atoms with Crippen molar-refractivity contribution in [3.8, 4) is 0 Å². The van der Waals surface area contributed by atoms with E-state index in [2.05, 4.69) is 0 Å². The minimum Gasteiger partial charge on any atom is -0.480 e. The Kier molecular flexibility index (Phi) is 5.50. The van der Waals surface area contributed by atoms with Crippen molar-refractivity contribution in [2.24, 2.45) is 11.7 Å². The highest BCUT2D eigenvalue weighted by molar-refractivity contribution is 6.06. The number of nitrogens with two attached hydrogens (primary N) is 1. The molecule has 0 radical (unpaired) electrons. The largest absolute Gasteiger partial charge is 0.480 e. The van der Waals surface area contributed by atoms with E-state index >= 15 is 0 Å². The van der Waals surface area contributed by atoms with E-state index in [1.165, 1.54) is 6.92 Å². The summed E-state index contributed by atoms with van der Waals surface area (Å²) in [5.41, 5.74) is 3.94. The van der Waals surface area contributed by atoms with Gasteiger partial charge in [0.2, 0.25) is 0 Å². The van der Waals surface area contributed by atoms with Crippen molar-refractivity contribution in [3.05, 3.63) is 0 Å². The highest BCUT2D eigenvalue weighted by Gasteiger charge is 2.40. The average molecular weight is 215 g/mol. The normalized spacial score (nSPS) is 16.8. The van der Waals surface area contributed by atoms with Gasteiger partial charge in [0, 0.05) is 0 Å². The molecule has 2 atom stereocenters. The number of carboxylic acid groups (broad SMARTS) is 1. The first-order valence-electron chi connectivity index (χ1n) is 5.41. The number of carbonyl (C=O) groups excluding carboxylic acids is 1. The van der Waals surface area contributed by atoms with Gasteiger partial charge >= 0.3 is 5.97 Å². The predicted molar refractivity (Wildman–Crippen MR) is 58.5 cm³/mol. The lowest BCUT2D eigenvalue weighted by atomic mass is 9.82. The Morgan fingerprint density at radius 3 is 2.20 bits per heavy atom. The Morgan fingerprint density at radius 2 is 1.93 bits per heavy atom. The molecule has 0 amide bonds. The van der Waals surface area contributed by atoms with Crippen LogP contribution in [0.15, 0.2) is 0 Å². The molecule has 4 nitrogen and oxygen atoms in total. The summed E-state index contributed by atoms with van der Waals surface area (Å²) in [6.45, 7) is 5.27. The van der Waals surface area contributed by atoms with E-state index < -0.39 is 17.3 Å². The van der Waals surface area contributed by atoms with Crippen LogP contribution in [0.5, 0.6) is 0 Å². The van der Waals surface area contributed by atoms with Crippen molar-refractivity contribution in [1.29, 1.82) is 0 Å². The molecule has 2 unspecified atom stereocenters. The Labute approximate surface area is 90.8 Å². The topological polar surface area (TPSA) is 80.4 Å². The van der Waals surface area contributed by atoms with E-state index in [1.807, 2.05) is 13.8 Å². The summed E-state index contributed by atoms with van der Waals surface area (Å²) in [6, 6.07) is 0. The van der Waals surface area contributed by atoms with Crippen molar-refractivity contribution >= 4 is 11.8 Å². The van der Waals surface area contributed by atoms with E-state index in [4.69, 9.17) is 10.8 Å². The number of hydrogen-bond donors (Lipinski definition) is 2. The van der Waals surface area contributed by atoms with Gasteiger partial charge in [-0.25, -0.2) is 4.79 Å². The number of hydrogen-bond acceptors (Lipinski definition) is 3. The molecule has 0 bridgehead atoms. The molecule has 0 saturated carbocycles. The zero-order chi connectivity index (χ0) is 12.1. The van der Waals surface area contributed by atoms with E-state index in [1.54, 1.807) is 0 Å². The van der Waals surface area contributed by atoms with Crippen LogP contribution in [-0.4, -0.2) is 22.4 Å². The third kappa shape index (κ3) is 3.63. The van der Waals surface area contributed by atoms with Crippen LogP contribution < -0.4 is 5.73 Å². The van der Waals surface area contributed by atoms with Crippen LogP contribution in [-0.2, 0) is 9.59 Å². The zero-order valence-electron chi connectivity index (χ0n) is 9.75. The van der Waals surface area contributed by atoms with E-state index in [0.717, 1.165) is 19.3 Å². The summed E-state index contributed by atoms with van der Waals surface area (Å²) in [7, 11) is 0. The maximum atomic E-state index is 11.3. The van der Waals surface area contributed by atoms with Crippen molar-refractivity contribution in [1.82, 2.24) is 0 Å². The SMILES string of the molecule is CCCC(CC)CC(N)(C(C)=O)C(=O)O. The van der Waals surface area contributed by atoms with Gasteiger partial charge in [0.25, 0.3) is 0 Å². The Bertz CT molecular complexity index is 224. The van der Waals surface area contributed by atoms with Crippen molar-refractivity contribution in [2.45, 2.75) is 52.0 Å². The lowest BCUT2D eigenvalue weighted by Gasteiger charge is -2.26. The van der Waals surface area contributed by atoms with Crippen LogP contribution in [0, 0.1) is 5.92 Å². The first-order chi connectivity index (χ1) is 6.88. The molecule has 0 aliphatic heterocycles. The quantitative estimate of drug-likeness (QED) is 0.632. The van der Waals surface area contributed by atoms with E-state index in [0.29, 0.717) is 0 Å². The highest BCUT2D eigenvalue weighted by Crippen LogP contribution is 2.23. The van der Waals surface area contributed by atoms with E-state index in [-0.39, 0.29) is 12.3 Å². The Morgan fingerprint density at radius 1 is 1.40 bits per heavy atom. The molecule has 0 saturated heterocycles. The number of carbonyl (C=O) groups is 2. The summed E-state index contributed by atoms with van der Waals surface area (Å²) in [5, 5.41) is 8.97. The van der Waals surface area contributed by atoms with Gasteiger partial charge in [-0.05, 0) is 19.3 Å². The molecule has 0 aliphatic rings. The summed E-state index contributed by atoms with van der Waals surface area (Å²) in [5.74, 6) is -1.48. The monoisotopic (exact) mass is 215 g/mol. The molecule has 0 aromatic rings. The molecule has 15 heavy (non-hydrogen) atoms. The molecule has 0 spiro atoms. The summed E-state index contributed by atoms with van der Waals surface area (Å²) in [6.07, 6.45) is 2.98. The van der Waals surface area contributed by atoms with Crippen LogP contribution in [0.2, 0.25) is 0 Å². The first-order valence-corrected chi connectivity index (χ1v) is 5.41.